The molecule has 1 heterocycles. The Hall–Kier alpha value is -2.26. The number of ether oxygens (including phenoxy) is 3. The van der Waals surface area contributed by atoms with Crippen LogP contribution in [-0.4, -0.2) is 33.1 Å². The lowest BCUT2D eigenvalue weighted by atomic mass is 10.1. The highest BCUT2D eigenvalue weighted by Gasteiger charge is 2.24. The van der Waals surface area contributed by atoms with Gasteiger partial charge in [0.15, 0.2) is 11.5 Å². The van der Waals surface area contributed by atoms with Gasteiger partial charge in [0.25, 0.3) is 11.8 Å². The molecule has 1 aromatic carbocycles. The minimum Gasteiger partial charge on any atom is -0.493 e. The summed E-state index contributed by atoms with van der Waals surface area (Å²) in [6.45, 7) is 1.96. The highest BCUT2D eigenvalue weighted by atomic mass is 79.9. The molecule has 0 aliphatic carbocycles. The second-order valence-corrected chi connectivity index (χ2v) is 7.06. The minimum absolute atomic E-state index is 0.265. The summed E-state index contributed by atoms with van der Waals surface area (Å²) in [7, 11) is 4.40. The number of hydrogen-bond donors (Lipinski definition) is 2. The maximum absolute atomic E-state index is 12.8. The Balaban J connectivity index is 2.48. The van der Waals surface area contributed by atoms with Crippen molar-refractivity contribution >= 4 is 44.1 Å². The van der Waals surface area contributed by atoms with E-state index in [1.54, 1.807) is 6.07 Å². The van der Waals surface area contributed by atoms with Gasteiger partial charge in [-0.3, -0.25) is 9.59 Å². The van der Waals surface area contributed by atoms with Crippen LogP contribution in [0.15, 0.2) is 16.6 Å². The van der Waals surface area contributed by atoms with Crippen molar-refractivity contribution in [3.05, 3.63) is 32.6 Å². The second-order valence-electron chi connectivity index (χ2n) is 5.13. The first kappa shape index (κ1) is 20.1. The van der Waals surface area contributed by atoms with Crippen LogP contribution in [0.25, 0.3) is 0 Å². The Bertz CT molecular complexity index is 850. The summed E-state index contributed by atoms with van der Waals surface area (Å²) >= 11 is 4.68. The number of hydrogen-bond acceptors (Lipinski definition) is 6. The van der Waals surface area contributed by atoms with E-state index in [-0.39, 0.29) is 11.1 Å². The van der Waals surface area contributed by atoms with Crippen LogP contribution in [0.2, 0.25) is 0 Å². The van der Waals surface area contributed by atoms with Crippen molar-refractivity contribution in [2.45, 2.75) is 13.3 Å². The molecule has 7 nitrogen and oxygen atoms in total. The lowest BCUT2D eigenvalue weighted by molar-refractivity contribution is 0.100. The van der Waals surface area contributed by atoms with Crippen molar-refractivity contribution in [3.8, 4) is 17.2 Å². The van der Waals surface area contributed by atoms with Crippen LogP contribution in [0.1, 0.15) is 32.5 Å². The van der Waals surface area contributed by atoms with Crippen molar-refractivity contribution in [1.29, 1.82) is 0 Å². The van der Waals surface area contributed by atoms with Gasteiger partial charge >= 0.3 is 0 Å². The van der Waals surface area contributed by atoms with E-state index in [1.165, 1.54) is 38.7 Å². The van der Waals surface area contributed by atoms with Gasteiger partial charge in [-0.15, -0.1) is 11.3 Å². The SMILES string of the molecule is CCc1cc(C(N)=O)c(NC(=O)c2cc(OC)c(OC)c(OC)c2Br)s1. The van der Waals surface area contributed by atoms with Gasteiger partial charge < -0.3 is 25.3 Å². The van der Waals surface area contributed by atoms with Crippen molar-refractivity contribution in [2.24, 2.45) is 5.73 Å². The largest absolute Gasteiger partial charge is 0.493 e. The average Bonchev–Trinajstić information content (AvgIpc) is 3.04. The Labute approximate surface area is 163 Å². The van der Waals surface area contributed by atoms with Gasteiger partial charge in [0.05, 0.1) is 36.9 Å². The van der Waals surface area contributed by atoms with Crippen molar-refractivity contribution in [1.82, 2.24) is 0 Å². The Kier molecular flexibility index (Phi) is 6.49. The molecule has 0 fully saturated rings. The summed E-state index contributed by atoms with van der Waals surface area (Å²) < 4.78 is 16.3. The van der Waals surface area contributed by atoms with Crippen LogP contribution in [0.3, 0.4) is 0 Å². The molecule has 9 heteroatoms. The first-order chi connectivity index (χ1) is 12.4. The molecule has 2 rings (SSSR count). The Morgan fingerprint density at radius 3 is 2.27 bits per heavy atom. The van der Waals surface area contributed by atoms with Crippen LogP contribution in [0.5, 0.6) is 17.2 Å². The molecular formula is C17H19BrN2O5S. The van der Waals surface area contributed by atoms with Gasteiger partial charge in [0.2, 0.25) is 5.75 Å². The number of nitrogens with two attached hydrogens (primary N) is 1. The van der Waals surface area contributed by atoms with Crippen molar-refractivity contribution < 1.29 is 23.8 Å². The number of carbonyl (C=O) groups is 2. The van der Waals surface area contributed by atoms with E-state index in [1.807, 2.05) is 6.92 Å². The highest BCUT2D eigenvalue weighted by molar-refractivity contribution is 9.10. The van der Waals surface area contributed by atoms with Crippen LogP contribution < -0.4 is 25.3 Å². The number of thiophene rings is 1. The molecule has 0 bridgehead atoms. The van der Waals surface area contributed by atoms with Crippen LogP contribution in [-0.2, 0) is 6.42 Å². The summed E-state index contributed by atoms with van der Waals surface area (Å²) in [6.07, 6.45) is 0.731. The summed E-state index contributed by atoms with van der Waals surface area (Å²) in [6, 6.07) is 3.21. The lowest BCUT2D eigenvalue weighted by Gasteiger charge is -2.16. The zero-order valence-corrected chi connectivity index (χ0v) is 17.2. The molecule has 0 aliphatic rings. The van der Waals surface area contributed by atoms with E-state index in [0.29, 0.717) is 26.7 Å². The molecule has 26 heavy (non-hydrogen) atoms. The molecule has 3 N–H and O–H groups in total. The van der Waals surface area contributed by atoms with Gasteiger partial charge in [0, 0.05) is 4.88 Å². The molecule has 0 spiro atoms. The number of anilines is 1. The number of nitrogens with one attached hydrogen (secondary N) is 1. The van der Waals surface area contributed by atoms with E-state index >= 15 is 0 Å². The minimum atomic E-state index is -0.597. The van der Waals surface area contributed by atoms with Crippen LogP contribution in [0.4, 0.5) is 5.00 Å². The zero-order chi connectivity index (χ0) is 19.4. The summed E-state index contributed by atoms with van der Waals surface area (Å²) in [5.74, 6) is -0.00946. The van der Waals surface area contributed by atoms with E-state index in [9.17, 15) is 9.59 Å². The number of benzene rings is 1. The molecule has 1 aromatic heterocycles. The number of methoxy groups -OCH3 is 3. The van der Waals surface area contributed by atoms with E-state index in [0.717, 1.165) is 11.3 Å². The molecular weight excluding hydrogens is 424 g/mol. The fourth-order valence-electron chi connectivity index (χ4n) is 2.35. The number of carbonyl (C=O) groups excluding carboxylic acids is 2. The quantitative estimate of drug-likeness (QED) is 0.683. The number of aryl methyl sites for hydroxylation is 1. The van der Waals surface area contributed by atoms with E-state index < -0.39 is 11.8 Å². The third-order valence-electron chi connectivity index (χ3n) is 3.64. The van der Waals surface area contributed by atoms with Gasteiger partial charge in [-0.2, -0.15) is 0 Å². The first-order valence-electron chi connectivity index (χ1n) is 7.60. The van der Waals surface area contributed by atoms with Gasteiger partial charge in [0.1, 0.15) is 5.00 Å². The van der Waals surface area contributed by atoms with E-state index in [4.69, 9.17) is 19.9 Å². The molecule has 0 unspecified atom stereocenters. The maximum atomic E-state index is 12.8. The topological polar surface area (TPSA) is 99.9 Å². The van der Waals surface area contributed by atoms with E-state index in [2.05, 4.69) is 21.2 Å². The molecule has 0 atom stereocenters. The summed E-state index contributed by atoms with van der Waals surface area (Å²) in [5, 5.41) is 3.14. The zero-order valence-electron chi connectivity index (χ0n) is 14.8. The first-order valence-corrected chi connectivity index (χ1v) is 9.21. The predicted octanol–water partition coefficient (Wildman–Crippen LogP) is 3.45. The molecule has 140 valence electrons. The van der Waals surface area contributed by atoms with Crippen LogP contribution in [0, 0.1) is 0 Å². The maximum Gasteiger partial charge on any atom is 0.257 e. The fraction of sp³-hybridized carbons (Fsp3) is 0.294. The summed E-state index contributed by atoms with van der Waals surface area (Å²) in [5.41, 5.74) is 5.95. The highest BCUT2D eigenvalue weighted by Crippen LogP contribution is 2.45. The molecule has 2 aromatic rings. The normalized spacial score (nSPS) is 10.3. The molecule has 2 amide bonds. The summed E-state index contributed by atoms with van der Waals surface area (Å²) in [4.78, 5) is 25.4. The molecule has 0 radical (unpaired) electrons. The number of amides is 2. The Morgan fingerprint density at radius 2 is 1.77 bits per heavy atom. The third kappa shape index (κ3) is 3.78. The van der Waals surface area contributed by atoms with Gasteiger partial charge in [-0.05, 0) is 34.5 Å². The van der Waals surface area contributed by atoms with Gasteiger partial charge in [-0.25, -0.2) is 0 Å². The fourth-order valence-corrected chi connectivity index (χ4v) is 3.98. The predicted molar refractivity (Wildman–Crippen MR) is 104 cm³/mol. The standard InChI is InChI=1S/C17H19BrN2O5S/c1-5-8-6-10(15(19)21)17(26-8)20-16(22)9-7-11(23-2)13(24-3)14(25-4)12(9)18/h6-7H,5H2,1-4H3,(H2,19,21)(H,20,22). The van der Waals surface area contributed by atoms with Crippen molar-refractivity contribution in [3.63, 3.8) is 0 Å². The lowest BCUT2D eigenvalue weighted by Crippen LogP contribution is -2.17. The van der Waals surface area contributed by atoms with Crippen molar-refractivity contribution in [2.75, 3.05) is 26.6 Å². The van der Waals surface area contributed by atoms with Gasteiger partial charge in [-0.1, -0.05) is 6.92 Å². The Morgan fingerprint density at radius 1 is 1.12 bits per heavy atom. The molecule has 0 saturated carbocycles. The number of rotatable bonds is 7. The molecule has 0 aliphatic heterocycles. The smallest absolute Gasteiger partial charge is 0.257 e. The average molecular weight is 443 g/mol. The second kappa shape index (κ2) is 8.41. The number of primary amides is 1. The number of halogens is 1. The monoisotopic (exact) mass is 442 g/mol. The third-order valence-corrected chi connectivity index (χ3v) is 5.62. The molecule has 0 saturated heterocycles. The van der Waals surface area contributed by atoms with Crippen LogP contribution >= 0.6 is 27.3 Å².